The van der Waals surface area contributed by atoms with Crippen LogP contribution in [-0.4, -0.2) is 24.5 Å². The molecule has 0 bridgehead atoms. The van der Waals surface area contributed by atoms with Crippen LogP contribution in [0.25, 0.3) is 5.76 Å². The molecule has 0 radical (unpaired) electrons. The van der Waals surface area contributed by atoms with Gasteiger partial charge in [-0.1, -0.05) is 60.7 Å². The minimum absolute atomic E-state index is 0.0502. The lowest BCUT2D eigenvalue weighted by Crippen LogP contribution is -2.08. The van der Waals surface area contributed by atoms with Crippen molar-refractivity contribution in [2.24, 2.45) is 10.2 Å². The molecule has 5 heteroatoms. The summed E-state index contributed by atoms with van der Waals surface area (Å²) in [5.74, 6) is 0.856. The molecule has 5 nitrogen and oxygen atoms in total. The fraction of sp³-hybridized carbons (Fsp3) is 0.0417. The van der Waals surface area contributed by atoms with E-state index in [1.807, 2.05) is 84.9 Å². The van der Waals surface area contributed by atoms with Gasteiger partial charge in [-0.25, -0.2) is 0 Å². The smallest absolute Gasteiger partial charge is 0.287 e. The van der Waals surface area contributed by atoms with Crippen LogP contribution in [0.4, 0.5) is 0 Å². The number of nitrogens with zero attached hydrogens (tertiary/aromatic N) is 2. The van der Waals surface area contributed by atoms with Gasteiger partial charge in [0.2, 0.25) is 5.78 Å². The van der Waals surface area contributed by atoms with Gasteiger partial charge in [-0.2, -0.15) is 0 Å². The minimum atomic E-state index is -0.310. The second-order valence-electron chi connectivity index (χ2n) is 6.29. The second kappa shape index (κ2) is 8.35. The quantitative estimate of drug-likeness (QED) is 0.483. The van der Waals surface area contributed by atoms with Crippen LogP contribution in [-0.2, 0) is 9.53 Å². The molecule has 1 heterocycles. The van der Waals surface area contributed by atoms with Crippen molar-refractivity contribution in [2.75, 3.05) is 7.11 Å². The summed E-state index contributed by atoms with van der Waals surface area (Å²) in [6.45, 7) is 0. The third-order valence-electron chi connectivity index (χ3n) is 4.39. The highest BCUT2D eigenvalue weighted by atomic mass is 16.5. The maximum absolute atomic E-state index is 12.3. The lowest BCUT2D eigenvalue weighted by molar-refractivity contribution is -0.109. The zero-order valence-electron chi connectivity index (χ0n) is 15.8. The van der Waals surface area contributed by atoms with Gasteiger partial charge in [0.1, 0.15) is 17.2 Å². The molecule has 0 aliphatic carbocycles. The van der Waals surface area contributed by atoms with Gasteiger partial charge in [0.15, 0.2) is 0 Å². The van der Waals surface area contributed by atoms with E-state index in [2.05, 4.69) is 10.2 Å². The zero-order valence-corrected chi connectivity index (χ0v) is 15.8. The molecule has 29 heavy (non-hydrogen) atoms. The number of ether oxygens (including phenoxy) is 2. The average Bonchev–Trinajstić information content (AvgIpc) is 3.16. The largest absolute Gasteiger partial charge is 0.497 e. The van der Waals surface area contributed by atoms with E-state index >= 15 is 0 Å². The first-order valence-electron chi connectivity index (χ1n) is 9.09. The molecule has 4 rings (SSSR count). The Kier molecular flexibility index (Phi) is 5.29. The van der Waals surface area contributed by atoms with Gasteiger partial charge in [0.25, 0.3) is 5.90 Å². The van der Waals surface area contributed by atoms with Crippen LogP contribution in [0.5, 0.6) is 5.75 Å². The predicted molar refractivity (Wildman–Crippen MR) is 113 cm³/mol. The lowest BCUT2D eigenvalue weighted by atomic mass is 10.0. The van der Waals surface area contributed by atoms with E-state index < -0.39 is 0 Å². The van der Waals surface area contributed by atoms with Crippen LogP contribution in [0, 0.1) is 0 Å². The van der Waals surface area contributed by atoms with E-state index in [1.54, 1.807) is 7.11 Å². The average molecular weight is 382 g/mol. The third-order valence-corrected chi connectivity index (χ3v) is 4.39. The minimum Gasteiger partial charge on any atom is -0.497 e. The molecule has 0 saturated heterocycles. The molecule has 3 aromatic rings. The normalized spacial score (nSPS) is 15.2. The van der Waals surface area contributed by atoms with Gasteiger partial charge in [-0.3, -0.25) is 4.79 Å². The van der Waals surface area contributed by atoms with Crippen LogP contribution in [0.1, 0.15) is 16.7 Å². The molecule has 0 fully saturated rings. The summed E-state index contributed by atoms with van der Waals surface area (Å²) < 4.78 is 10.9. The maximum Gasteiger partial charge on any atom is 0.287 e. The van der Waals surface area contributed by atoms with Crippen LogP contribution >= 0.6 is 0 Å². The summed E-state index contributed by atoms with van der Waals surface area (Å²) in [7, 11) is 1.62. The number of methoxy groups -OCH3 is 1. The van der Waals surface area contributed by atoms with E-state index in [4.69, 9.17) is 9.47 Å². The van der Waals surface area contributed by atoms with E-state index in [9.17, 15) is 4.79 Å². The number of carbonyl (C=O) groups is 1. The van der Waals surface area contributed by atoms with Gasteiger partial charge < -0.3 is 9.47 Å². The Labute approximate surface area is 168 Å². The lowest BCUT2D eigenvalue weighted by Gasteiger charge is -2.07. The number of rotatable bonds is 5. The number of carbonyl (C=O) groups excluding carboxylic acids is 1. The van der Waals surface area contributed by atoms with E-state index in [1.165, 1.54) is 6.08 Å². The highest BCUT2D eigenvalue weighted by Gasteiger charge is 2.23. The summed E-state index contributed by atoms with van der Waals surface area (Å²) in [6, 6.07) is 26.6. The molecular weight excluding hydrogens is 364 g/mol. The summed E-state index contributed by atoms with van der Waals surface area (Å²) in [5.41, 5.74) is 3.17. The topological polar surface area (TPSA) is 60.3 Å². The zero-order chi connectivity index (χ0) is 20.1. The Bertz CT molecular complexity index is 1100. The van der Waals surface area contributed by atoms with Gasteiger partial charge in [0, 0.05) is 22.8 Å². The van der Waals surface area contributed by atoms with Crippen LogP contribution in [0.2, 0.25) is 0 Å². The monoisotopic (exact) mass is 382 g/mol. The fourth-order valence-corrected chi connectivity index (χ4v) is 2.90. The van der Waals surface area contributed by atoms with Crippen molar-refractivity contribution in [1.29, 1.82) is 0 Å². The van der Waals surface area contributed by atoms with Crippen molar-refractivity contribution < 1.29 is 14.3 Å². The van der Waals surface area contributed by atoms with Crippen LogP contribution in [0.15, 0.2) is 101 Å². The number of hydrogen-bond donors (Lipinski definition) is 0. The van der Waals surface area contributed by atoms with Gasteiger partial charge >= 0.3 is 0 Å². The summed E-state index contributed by atoms with van der Waals surface area (Å²) in [4.78, 5) is 12.3. The maximum atomic E-state index is 12.3. The predicted octanol–water partition coefficient (Wildman–Crippen LogP) is 4.49. The van der Waals surface area contributed by atoms with Crippen molar-refractivity contribution in [1.82, 2.24) is 0 Å². The molecule has 0 spiro atoms. The highest BCUT2D eigenvalue weighted by molar-refractivity contribution is 6.45. The van der Waals surface area contributed by atoms with Crippen molar-refractivity contribution in [3.63, 3.8) is 0 Å². The Morgan fingerprint density at radius 2 is 1.45 bits per heavy atom. The SMILES string of the molecule is COc1ccc(/C(=N/N=C2/OC(c3ccccc3)=CC2=O)c2ccccc2)cc1. The molecule has 0 amide bonds. The molecule has 0 unspecified atom stereocenters. The van der Waals surface area contributed by atoms with Gasteiger partial charge in [-0.05, 0) is 24.3 Å². The van der Waals surface area contributed by atoms with Crippen LogP contribution in [0.3, 0.4) is 0 Å². The molecule has 0 aromatic heterocycles. The van der Waals surface area contributed by atoms with Gasteiger partial charge in [-0.15, -0.1) is 10.2 Å². The molecule has 0 saturated carbocycles. The van der Waals surface area contributed by atoms with Crippen molar-refractivity contribution in [3.05, 3.63) is 108 Å². The molecule has 142 valence electrons. The van der Waals surface area contributed by atoms with Crippen molar-refractivity contribution in [2.45, 2.75) is 0 Å². The first-order chi connectivity index (χ1) is 14.2. The second-order valence-corrected chi connectivity index (χ2v) is 6.29. The molecule has 0 N–H and O–H groups in total. The van der Waals surface area contributed by atoms with E-state index in [0.29, 0.717) is 11.5 Å². The number of ketones is 1. The molecule has 0 atom stereocenters. The summed E-state index contributed by atoms with van der Waals surface area (Å²) >= 11 is 0. The third kappa shape index (κ3) is 4.14. The first kappa shape index (κ1) is 18.4. The molecule has 3 aromatic carbocycles. The van der Waals surface area contributed by atoms with Crippen molar-refractivity contribution >= 4 is 23.2 Å². The highest BCUT2D eigenvalue weighted by Crippen LogP contribution is 2.22. The molecule has 1 aliphatic heterocycles. The van der Waals surface area contributed by atoms with E-state index in [-0.39, 0.29) is 11.7 Å². The van der Waals surface area contributed by atoms with E-state index in [0.717, 1.165) is 22.4 Å². The Morgan fingerprint density at radius 1 is 0.828 bits per heavy atom. The standard InChI is InChI=1S/C24H18N2O3/c1-28-20-14-12-19(13-15-20)23(18-10-6-3-7-11-18)25-26-24-21(27)16-22(29-24)17-8-4-2-5-9-17/h2-16H,1H3/b25-23+,26-24+. The molecule has 1 aliphatic rings. The number of benzene rings is 3. The van der Waals surface area contributed by atoms with Crippen LogP contribution < -0.4 is 4.74 Å². The Hall–Kier alpha value is -3.99. The summed E-state index contributed by atoms with van der Waals surface area (Å²) in [5, 5.41) is 8.49. The van der Waals surface area contributed by atoms with Crippen molar-refractivity contribution in [3.8, 4) is 5.75 Å². The Balaban J connectivity index is 1.67. The van der Waals surface area contributed by atoms with Gasteiger partial charge in [0.05, 0.1) is 7.11 Å². The first-order valence-corrected chi connectivity index (χ1v) is 9.09. The number of hydrogen-bond acceptors (Lipinski definition) is 5. The molecular formula is C24H18N2O3. The summed E-state index contributed by atoms with van der Waals surface area (Å²) in [6.07, 6.45) is 1.43. The fourth-order valence-electron chi connectivity index (χ4n) is 2.90. The Morgan fingerprint density at radius 3 is 2.10 bits per heavy atom.